The Bertz CT molecular complexity index is 372. The summed E-state index contributed by atoms with van der Waals surface area (Å²) in [5.74, 6) is -1.73. The van der Waals surface area contributed by atoms with Crippen LogP contribution in [0.3, 0.4) is 0 Å². The van der Waals surface area contributed by atoms with Gasteiger partial charge in [0.05, 0.1) is 13.0 Å². The Kier molecular flexibility index (Phi) is 6.27. The lowest BCUT2D eigenvalue weighted by Gasteiger charge is -2.29. The van der Waals surface area contributed by atoms with Gasteiger partial charge in [-0.25, -0.2) is 4.79 Å². The zero-order valence-corrected chi connectivity index (χ0v) is 11.9. The minimum absolute atomic E-state index is 0.0447. The molecule has 0 aliphatic heterocycles. The van der Waals surface area contributed by atoms with Crippen LogP contribution >= 0.6 is 0 Å². The summed E-state index contributed by atoms with van der Waals surface area (Å²) in [6.45, 7) is 0.191. The van der Waals surface area contributed by atoms with Crippen molar-refractivity contribution in [2.24, 2.45) is 11.8 Å². The highest BCUT2D eigenvalue weighted by Gasteiger charge is 2.31. The van der Waals surface area contributed by atoms with Crippen LogP contribution in [0.15, 0.2) is 0 Å². The SMILES string of the molecule is COC(=O)CN(C)C(=O)NCC1CCCCC1C(=O)O. The number of likely N-dealkylation sites (N-methyl/N-ethyl adjacent to an activating group) is 1. The second-order valence-electron chi connectivity index (χ2n) is 5.11. The van der Waals surface area contributed by atoms with Crippen molar-refractivity contribution in [3.05, 3.63) is 0 Å². The van der Waals surface area contributed by atoms with E-state index in [2.05, 4.69) is 10.1 Å². The van der Waals surface area contributed by atoms with Crippen LogP contribution in [0, 0.1) is 11.8 Å². The molecule has 1 aliphatic rings. The highest BCUT2D eigenvalue weighted by Crippen LogP contribution is 2.29. The second kappa shape index (κ2) is 7.72. The number of carbonyl (C=O) groups is 3. The first-order valence-electron chi connectivity index (χ1n) is 6.74. The molecule has 1 aliphatic carbocycles. The van der Waals surface area contributed by atoms with Crippen molar-refractivity contribution in [2.45, 2.75) is 25.7 Å². The maximum absolute atomic E-state index is 11.8. The monoisotopic (exact) mass is 286 g/mol. The number of aliphatic carboxylic acids is 1. The molecule has 1 rings (SSSR count). The fourth-order valence-electron chi connectivity index (χ4n) is 2.46. The molecule has 0 bridgehead atoms. The summed E-state index contributed by atoms with van der Waals surface area (Å²) in [5, 5.41) is 11.8. The Labute approximate surface area is 118 Å². The molecule has 0 aromatic rings. The lowest BCUT2D eigenvalue weighted by Crippen LogP contribution is -2.44. The van der Waals surface area contributed by atoms with E-state index in [0.717, 1.165) is 19.3 Å². The Morgan fingerprint density at radius 2 is 1.95 bits per heavy atom. The third-order valence-electron chi connectivity index (χ3n) is 3.68. The van der Waals surface area contributed by atoms with Crippen molar-refractivity contribution in [3.8, 4) is 0 Å². The number of nitrogens with zero attached hydrogens (tertiary/aromatic N) is 1. The highest BCUT2D eigenvalue weighted by molar-refractivity contribution is 5.80. The minimum Gasteiger partial charge on any atom is -0.481 e. The number of carbonyl (C=O) groups excluding carboxylic acids is 2. The van der Waals surface area contributed by atoms with Crippen molar-refractivity contribution in [1.82, 2.24) is 10.2 Å². The fourth-order valence-corrected chi connectivity index (χ4v) is 2.46. The molecule has 1 fully saturated rings. The zero-order valence-electron chi connectivity index (χ0n) is 11.9. The number of ether oxygens (including phenoxy) is 1. The van der Waals surface area contributed by atoms with E-state index in [9.17, 15) is 14.4 Å². The van der Waals surface area contributed by atoms with Gasteiger partial charge in [-0.2, -0.15) is 0 Å². The van der Waals surface area contributed by atoms with Crippen molar-refractivity contribution in [3.63, 3.8) is 0 Å². The van der Waals surface area contributed by atoms with Crippen LogP contribution in [0.5, 0.6) is 0 Å². The summed E-state index contributed by atoms with van der Waals surface area (Å²) < 4.78 is 4.48. The molecular weight excluding hydrogens is 264 g/mol. The van der Waals surface area contributed by atoms with E-state index in [-0.39, 0.29) is 12.5 Å². The Balaban J connectivity index is 2.42. The normalized spacial score (nSPS) is 21.9. The van der Waals surface area contributed by atoms with Crippen molar-refractivity contribution in [2.75, 3.05) is 27.2 Å². The summed E-state index contributed by atoms with van der Waals surface area (Å²) in [4.78, 5) is 35.2. The molecular formula is C13H22N2O5. The summed E-state index contributed by atoms with van der Waals surface area (Å²) in [7, 11) is 2.75. The maximum Gasteiger partial charge on any atom is 0.325 e. The van der Waals surface area contributed by atoms with Crippen LogP contribution in [-0.4, -0.2) is 55.2 Å². The van der Waals surface area contributed by atoms with Crippen LogP contribution in [0.4, 0.5) is 4.79 Å². The number of amides is 2. The first-order chi connectivity index (χ1) is 9.45. The number of carboxylic acids is 1. The molecule has 0 heterocycles. The summed E-state index contributed by atoms with van der Waals surface area (Å²) in [6.07, 6.45) is 3.37. The number of carboxylic acid groups (broad SMARTS) is 1. The first kappa shape index (κ1) is 16.3. The number of hydrogen-bond donors (Lipinski definition) is 2. The van der Waals surface area contributed by atoms with E-state index in [1.165, 1.54) is 19.1 Å². The molecule has 0 radical (unpaired) electrons. The molecule has 0 aromatic heterocycles. The molecule has 1 saturated carbocycles. The van der Waals surface area contributed by atoms with Gasteiger partial charge in [-0.15, -0.1) is 0 Å². The average Bonchev–Trinajstić information content (AvgIpc) is 2.44. The van der Waals surface area contributed by atoms with Crippen LogP contribution in [0.25, 0.3) is 0 Å². The number of nitrogens with one attached hydrogen (secondary N) is 1. The van der Waals surface area contributed by atoms with Gasteiger partial charge in [-0.05, 0) is 18.8 Å². The first-order valence-corrected chi connectivity index (χ1v) is 6.74. The topological polar surface area (TPSA) is 95.9 Å². The van der Waals surface area contributed by atoms with Gasteiger partial charge < -0.3 is 20.1 Å². The van der Waals surface area contributed by atoms with Crippen LogP contribution in [-0.2, 0) is 14.3 Å². The molecule has 2 unspecified atom stereocenters. The Morgan fingerprint density at radius 1 is 1.30 bits per heavy atom. The number of methoxy groups -OCH3 is 1. The number of hydrogen-bond acceptors (Lipinski definition) is 4. The summed E-state index contributed by atoms with van der Waals surface area (Å²) in [5.41, 5.74) is 0. The summed E-state index contributed by atoms with van der Waals surface area (Å²) in [6, 6.07) is -0.398. The Hall–Kier alpha value is -1.79. The summed E-state index contributed by atoms with van der Waals surface area (Å²) >= 11 is 0. The van der Waals surface area contributed by atoms with Gasteiger partial charge in [0.15, 0.2) is 0 Å². The van der Waals surface area contributed by atoms with Crippen LogP contribution in [0.2, 0.25) is 0 Å². The molecule has 0 aromatic carbocycles. The minimum atomic E-state index is -0.799. The number of esters is 1. The molecule has 0 saturated heterocycles. The van der Waals surface area contributed by atoms with E-state index in [4.69, 9.17) is 5.11 Å². The van der Waals surface area contributed by atoms with Crippen molar-refractivity contribution < 1.29 is 24.2 Å². The number of urea groups is 1. The quantitative estimate of drug-likeness (QED) is 0.725. The lowest BCUT2D eigenvalue weighted by atomic mass is 9.79. The molecule has 20 heavy (non-hydrogen) atoms. The van der Waals surface area contributed by atoms with Gasteiger partial charge in [-0.3, -0.25) is 9.59 Å². The van der Waals surface area contributed by atoms with Gasteiger partial charge in [-0.1, -0.05) is 12.8 Å². The van der Waals surface area contributed by atoms with E-state index >= 15 is 0 Å². The molecule has 7 heteroatoms. The van der Waals surface area contributed by atoms with Crippen molar-refractivity contribution in [1.29, 1.82) is 0 Å². The third-order valence-corrected chi connectivity index (χ3v) is 3.68. The standard InChI is InChI=1S/C13H22N2O5/c1-15(8-11(16)20-2)13(19)14-7-9-5-3-4-6-10(9)12(17)18/h9-10H,3-8H2,1-2H3,(H,14,19)(H,17,18). The number of rotatable bonds is 5. The Morgan fingerprint density at radius 3 is 2.55 bits per heavy atom. The van der Waals surface area contributed by atoms with Crippen LogP contribution in [0.1, 0.15) is 25.7 Å². The predicted octanol–water partition coefficient (Wildman–Crippen LogP) is 0.692. The fraction of sp³-hybridized carbons (Fsp3) is 0.769. The van der Waals surface area contributed by atoms with E-state index in [0.29, 0.717) is 13.0 Å². The van der Waals surface area contributed by atoms with Gasteiger partial charge in [0.1, 0.15) is 6.54 Å². The van der Waals surface area contributed by atoms with Gasteiger partial charge >= 0.3 is 18.0 Å². The largest absolute Gasteiger partial charge is 0.481 e. The van der Waals surface area contributed by atoms with E-state index < -0.39 is 23.9 Å². The molecule has 2 amide bonds. The van der Waals surface area contributed by atoms with Gasteiger partial charge in [0, 0.05) is 13.6 Å². The van der Waals surface area contributed by atoms with E-state index in [1.807, 2.05) is 0 Å². The van der Waals surface area contributed by atoms with Gasteiger partial charge in [0.25, 0.3) is 0 Å². The molecule has 0 spiro atoms. The molecule has 2 atom stereocenters. The molecule has 7 nitrogen and oxygen atoms in total. The maximum atomic E-state index is 11.8. The zero-order chi connectivity index (χ0) is 15.1. The third kappa shape index (κ3) is 4.71. The lowest BCUT2D eigenvalue weighted by molar-refractivity contribution is -0.144. The van der Waals surface area contributed by atoms with Crippen molar-refractivity contribution >= 4 is 18.0 Å². The predicted molar refractivity (Wildman–Crippen MR) is 71.1 cm³/mol. The second-order valence-corrected chi connectivity index (χ2v) is 5.11. The average molecular weight is 286 g/mol. The van der Waals surface area contributed by atoms with Gasteiger partial charge in [0.2, 0.25) is 0 Å². The molecule has 2 N–H and O–H groups in total. The van der Waals surface area contributed by atoms with Crippen LogP contribution < -0.4 is 5.32 Å². The smallest absolute Gasteiger partial charge is 0.325 e. The molecule has 114 valence electrons. The van der Waals surface area contributed by atoms with E-state index in [1.54, 1.807) is 0 Å². The highest BCUT2D eigenvalue weighted by atomic mass is 16.5.